The number of rotatable bonds is 10. The fourth-order valence-corrected chi connectivity index (χ4v) is 4.58. The van der Waals surface area contributed by atoms with Gasteiger partial charge in [0.2, 0.25) is 5.91 Å². The number of halogens is 1. The van der Waals surface area contributed by atoms with E-state index in [1.165, 1.54) is 5.38 Å². The Balaban J connectivity index is 1.86. The van der Waals surface area contributed by atoms with Crippen LogP contribution in [0.2, 0.25) is 0 Å². The number of carbonyl (C=O) groups is 4. The molecule has 17 heteroatoms. The van der Waals surface area contributed by atoms with Gasteiger partial charge >= 0.3 is 16.3 Å². The van der Waals surface area contributed by atoms with Gasteiger partial charge in [-0.1, -0.05) is 35.5 Å². The minimum atomic E-state index is -5.10. The van der Waals surface area contributed by atoms with E-state index < -0.39 is 51.8 Å². The number of methoxy groups -OCH3 is 1. The van der Waals surface area contributed by atoms with E-state index in [-0.39, 0.29) is 27.6 Å². The lowest BCUT2D eigenvalue weighted by atomic mass is 9.98. The van der Waals surface area contributed by atoms with Crippen molar-refractivity contribution < 1.29 is 41.7 Å². The van der Waals surface area contributed by atoms with Gasteiger partial charge in [0.05, 0.1) is 7.11 Å². The molecule has 0 bridgehead atoms. The molecule has 1 aliphatic heterocycles. The fraction of sp³-hybridized carbons (Fsp3) is 0.263. The standard InChI is InChI=1S/C19H18ClN5O9S2/c1-33-18(29)15-14(17(28)25(15)36(30,31)32)23-16(27)13(24-34-8-10-5-3-2-4-6-10)11-9-35-19(21-11)22-12(26)7-20/h2-6,9,14-15H,7-8H2,1H3,(H,23,27)(H,21,22,26)(H,30,31,32)/t14-,15-/m1/s1. The number of β-lactam (4-membered cyclic amide) rings is 1. The molecule has 1 fully saturated rings. The monoisotopic (exact) mass is 559 g/mol. The van der Waals surface area contributed by atoms with E-state index in [2.05, 4.69) is 25.5 Å². The number of carbonyl (C=O) groups excluding carboxylic acids is 4. The highest BCUT2D eigenvalue weighted by atomic mass is 35.5. The molecule has 1 aliphatic rings. The molecule has 0 unspecified atom stereocenters. The first-order valence-electron chi connectivity index (χ1n) is 9.81. The Morgan fingerprint density at radius 2 is 1.97 bits per heavy atom. The zero-order chi connectivity index (χ0) is 26.5. The van der Waals surface area contributed by atoms with Crippen molar-refractivity contribution in [1.82, 2.24) is 14.6 Å². The van der Waals surface area contributed by atoms with Crippen LogP contribution in [0, 0.1) is 0 Å². The number of anilines is 1. The van der Waals surface area contributed by atoms with E-state index in [1.807, 2.05) is 0 Å². The van der Waals surface area contributed by atoms with Gasteiger partial charge < -0.3 is 20.2 Å². The molecule has 0 saturated carbocycles. The normalized spacial score (nSPS) is 17.7. The maximum Gasteiger partial charge on any atom is 0.363 e. The zero-order valence-corrected chi connectivity index (χ0v) is 20.7. The quantitative estimate of drug-likeness (QED) is 0.0884. The molecule has 0 spiro atoms. The van der Waals surface area contributed by atoms with Crippen LogP contribution < -0.4 is 10.6 Å². The van der Waals surface area contributed by atoms with Crippen molar-refractivity contribution in [3.63, 3.8) is 0 Å². The molecule has 3 N–H and O–H groups in total. The smallest absolute Gasteiger partial charge is 0.363 e. The number of benzene rings is 1. The number of thiazole rings is 1. The van der Waals surface area contributed by atoms with E-state index >= 15 is 0 Å². The van der Waals surface area contributed by atoms with Crippen LogP contribution in [0.5, 0.6) is 0 Å². The van der Waals surface area contributed by atoms with Gasteiger partial charge in [-0.05, 0) is 5.56 Å². The molecule has 0 radical (unpaired) electrons. The number of oxime groups is 1. The Labute approximate surface area is 213 Å². The molecule has 2 aromatic rings. The average molecular weight is 560 g/mol. The Kier molecular flexibility index (Phi) is 8.57. The Hall–Kier alpha value is -3.60. The molecule has 192 valence electrons. The predicted octanol–water partition coefficient (Wildman–Crippen LogP) is -0.0873. The van der Waals surface area contributed by atoms with Gasteiger partial charge in [-0.25, -0.2) is 9.78 Å². The van der Waals surface area contributed by atoms with Gasteiger partial charge in [-0.3, -0.25) is 18.9 Å². The summed E-state index contributed by atoms with van der Waals surface area (Å²) in [5, 5.41) is 9.83. The second-order valence-electron chi connectivity index (χ2n) is 6.95. The van der Waals surface area contributed by atoms with Crippen LogP contribution in [0.1, 0.15) is 11.3 Å². The number of nitrogens with one attached hydrogen (secondary N) is 2. The summed E-state index contributed by atoms with van der Waals surface area (Å²) in [5.74, 6) is -4.42. The first-order valence-corrected chi connectivity index (χ1v) is 12.6. The molecule has 2 heterocycles. The van der Waals surface area contributed by atoms with E-state index in [0.29, 0.717) is 0 Å². The third-order valence-corrected chi connectivity index (χ3v) is 6.49. The van der Waals surface area contributed by atoms with Crippen LogP contribution in [0.3, 0.4) is 0 Å². The zero-order valence-electron chi connectivity index (χ0n) is 18.3. The van der Waals surface area contributed by atoms with Crippen molar-refractivity contribution in [1.29, 1.82) is 0 Å². The Bertz CT molecular complexity index is 1300. The number of amides is 3. The lowest BCUT2D eigenvalue weighted by Crippen LogP contribution is -2.74. The van der Waals surface area contributed by atoms with Crippen LogP contribution in [-0.4, -0.2) is 76.7 Å². The van der Waals surface area contributed by atoms with Crippen LogP contribution >= 0.6 is 22.9 Å². The first-order chi connectivity index (χ1) is 17.1. The molecule has 14 nitrogen and oxygen atoms in total. The van der Waals surface area contributed by atoms with E-state index in [4.69, 9.17) is 16.4 Å². The summed E-state index contributed by atoms with van der Waals surface area (Å²) in [6.07, 6.45) is 0. The van der Waals surface area contributed by atoms with Gasteiger partial charge in [0.1, 0.15) is 24.2 Å². The second kappa shape index (κ2) is 11.4. The highest BCUT2D eigenvalue weighted by molar-refractivity contribution is 7.84. The van der Waals surface area contributed by atoms with Crippen LogP contribution in [-0.2, 0) is 45.7 Å². The molecular weight excluding hydrogens is 542 g/mol. The van der Waals surface area contributed by atoms with E-state index in [1.54, 1.807) is 30.3 Å². The number of esters is 1. The maximum absolute atomic E-state index is 13.0. The van der Waals surface area contributed by atoms with Gasteiger partial charge in [-0.15, -0.1) is 22.9 Å². The minimum absolute atomic E-state index is 0.0404. The number of hydrogen-bond donors (Lipinski definition) is 3. The Morgan fingerprint density at radius 3 is 2.58 bits per heavy atom. The Morgan fingerprint density at radius 1 is 1.28 bits per heavy atom. The molecule has 1 aromatic heterocycles. The average Bonchev–Trinajstić information content (AvgIpc) is 3.30. The largest absolute Gasteiger partial charge is 0.467 e. The van der Waals surface area contributed by atoms with Crippen molar-refractivity contribution in [3.05, 3.63) is 47.0 Å². The highest BCUT2D eigenvalue weighted by Crippen LogP contribution is 2.25. The summed E-state index contributed by atoms with van der Waals surface area (Å²) < 4.78 is 36.6. The fourth-order valence-electron chi connectivity index (χ4n) is 2.97. The third kappa shape index (κ3) is 6.14. The van der Waals surface area contributed by atoms with Gasteiger partial charge in [-0.2, -0.15) is 12.7 Å². The summed E-state index contributed by atoms with van der Waals surface area (Å²) in [6, 6.07) is 5.27. The molecule has 1 aromatic carbocycles. The topological polar surface area (TPSA) is 194 Å². The number of aromatic nitrogens is 1. The van der Waals surface area contributed by atoms with E-state index in [9.17, 15) is 32.1 Å². The van der Waals surface area contributed by atoms with Crippen LogP contribution in [0.25, 0.3) is 0 Å². The van der Waals surface area contributed by atoms with Gasteiger partial charge in [0.25, 0.3) is 11.8 Å². The third-order valence-electron chi connectivity index (χ3n) is 4.59. The van der Waals surface area contributed by atoms with Crippen LogP contribution in [0.4, 0.5) is 5.13 Å². The molecule has 2 atom stereocenters. The molecule has 3 rings (SSSR count). The maximum atomic E-state index is 13.0. The summed E-state index contributed by atoms with van der Waals surface area (Å²) in [4.78, 5) is 58.2. The highest BCUT2D eigenvalue weighted by Gasteiger charge is 2.58. The first kappa shape index (κ1) is 27.0. The van der Waals surface area contributed by atoms with Crippen molar-refractivity contribution in [2.45, 2.75) is 18.7 Å². The molecular formula is C19H18ClN5O9S2. The lowest BCUT2D eigenvalue weighted by molar-refractivity contribution is -0.162. The SMILES string of the molecule is COC(=O)[C@H]1[C@@H](NC(=O)C(=NOCc2ccccc2)c2csc(NC(=O)CCl)n2)C(=O)N1S(=O)(=O)O. The number of ether oxygens (including phenoxy) is 1. The predicted molar refractivity (Wildman–Crippen MR) is 125 cm³/mol. The molecule has 0 aliphatic carbocycles. The minimum Gasteiger partial charge on any atom is -0.467 e. The van der Waals surface area contributed by atoms with Gasteiger partial charge in [0, 0.05) is 5.38 Å². The van der Waals surface area contributed by atoms with E-state index in [0.717, 1.165) is 24.0 Å². The molecule has 36 heavy (non-hydrogen) atoms. The van der Waals surface area contributed by atoms with Crippen molar-refractivity contribution in [3.8, 4) is 0 Å². The number of alkyl halides is 1. The van der Waals surface area contributed by atoms with Crippen molar-refractivity contribution in [2.24, 2.45) is 5.16 Å². The summed E-state index contributed by atoms with van der Waals surface area (Å²) in [7, 11) is -4.17. The molecule has 3 amide bonds. The van der Waals surface area contributed by atoms with Crippen molar-refractivity contribution >= 4 is 67.8 Å². The van der Waals surface area contributed by atoms with Crippen LogP contribution in [0.15, 0.2) is 40.9 Å². The van der Waals surface area contributed by atoms with Crippen molar-refractivity contribution in [2.75, 3.05) is 18.3 Å². The summed E-state index contributed by atoms with van der Waals surface area (Å²) in [6.45, 7) is -0.0404. The molecule has 1 saturated heterocycles. The number of hydrogen-bond acceptors (Lipinski definition) is 11. The summed E-state index contributed by atoms with van der Waals surface area (Å²) >= 11 is 6.40. The summed E-state index contributed by atoms with van der Waals surface area (Å²) in [5.41, 5.74) is 0.205. The lowest BCUT2D eigenvalue weighted by Gasteiger charge is -2.41. The number of nitrogens with zero attached hydrogens (tertiary/aromatic N) is 3. The van der Waals surface area contributed by atoms with Gasteiger partial charge in [0.15, 0.2) is 16.9 Å². The second-order valence-corrected chi connectivity index (χ2v) is 9.36.